The third kappa shape index (κ3) is 4.43. The highest BCUT2D eigenvalue weighted by Gasteiger charge is 2.19. The largest absolute Gasteiger partial charge is 0.389 e. The second-order valence-electron chi connectivity index (χ2n) is 7.05. The summed E-state index contributed by atoms with van der Waals surface area (Å²) in [6, 6.07) is 14.3. The number of aliphatic hydroxyl groups excluding tert-OH is 1. The summed E-state index contributed by atoms with van der Waals surface area (Å²) in [5.74, 6) is 0.143. The average molecular weight is 395 g/mol. The summed E-state index contributed by atoms with van der Waals surface area (Å²) in [5, 5.41) is 9.78. The van der Waals surface area contributed by atoms with Crippen LogP contribution >= 0.6 is 0 Å². The molecule has 1 aromatic heterocycles. The van der Waals surface area contributed by atoms with Crippen LogP contribution in [0, 0.1) is 0 Å². The number of benzene rings is 2. The highest BCUT2D eigenvalue weighted by atomic mass is 16.3. The van der Waals surface area contributed by atoms with Crippen LogP contribution in [0.15, 0.2) is 48.8 Å². The van der Waals surface area contributed by atoms with Crippen LogP contribution in [0.25, 0.3) is 16.7 Å². The van der Waals surface area contributed by atoms with Crippen molar-refractivity contribution < 1.29 is 9.90 Å². The first kappa shape index (κ1) is 20.9. The molecule has 2 aromatic carbocycles. The minimum atomic E-state index is -0.503. The summed E-state index contributed by atoms with van der Waals surface area (Å²) in [4.78, 5) is 20.2. The van der Waals surface area contributed by atoms with E-state index in [0.29, 0.717) is 0 Å². The second kappa shape index (κ2) is 9.09. The summed E-state index contributed by atoms with van der Waals surface area (Å²) >= 11 is 0. The molecule has 29 heavy (non-hydrogen) atoms. The van der Waals surface area contributed by atoms with Gasteiger partial charge in [-0.3, -0.25) is 9.36 Å². The van der Waals surface area contributed by atoms with Gasteiger partial charge in [-0.2, -0.15) is 0 Å². The maximum atomic E-state index is 11.5. The fourth-order valence-corrected chi connectivity index (χ4v) is 3.61. The van der Waals surface area contributed by atoms with Gasteiger partial charge < -0.3 is 14.9 Å². The number of imidazole rings is 1. The Balaban J connectivity index is 0.00000117. The lowest BCUT2D eigenvalue weighted by molar-refractivity contribution is -0.129. The van der Waals surface area contributed by atoms with Crippen molar-refractivity contribution in [2.45, 2.75) is 33.8 Å². The normalized spacial score (nSPS) is 15.1. The molecule has 1 saturated heterocycles. The van der Waals surface area contributed by atoms with Gasteiger partial charge >= 0.3 is 0 Å². The van der Waals surface area contributed by atoms with E-state index in [1.165, 1.54) is 0 Å². The Morgan fingerprint density at radius 2 is 1.72 bits per heavy atom. The molecule has 2 heterocycles. The van der Waals surface area contributed by atoms with Gasteiger partial charge in [0.05, 0.1) is 17.1 Å². The fraction of sp³-hybridized carbons (Fsp3) is 0.391. The number of anilines is 1. The van der Waals surface area contributed by atoms with Gasteiger partial charge in [-0.05, 0) is 42.8 Å². The molecule has 1 atom stereocenters. The van der Waals surface area contributed by atoms with Crippen molar-refractivity contribution in [2.24, 2.45) is 0 Å². The molecule has 1 aliphatic heterocycles. The quantitative estimate of drug-likeness (QED) is 0.735. The van der Waals surface area contributed by atoms with Crippen LogP contribution in [0.4, 0.5) is 5.69 Å². The van der Waals surface area contributed by atoms with Crippen LogP contribution in [0.5, 0.6) is 0 Å². The maximum absolute atomic E-state index is 11.5. The van der Waals surface area contributed by atoms with Gasteiger partial charge in [-0.1, -0.05) is 26.0 Å². The molecule has 6 heteroatoms. The predicted octanol–water partition coefficient (Wildman–Crippen LogP) is 3.77. The zero-order valence-electron chi connectivity index (χ0n) is 17.7. The summed E-state index contributed by atoms with van der Waals surface area (Å²) in [6.45, 7) is 10.6. The molecular formula is C23H30N4O2. The summed E-state index contributed by atoms with van der Waals surface area (Å²) in [7, 11) is 0. The second-order valence-corrected chi connectivity index (χ2v) is 7.05. The van der Waals surface area contributed by atoms with Gasteiger partial charge in [0.2, 0.25) is 5.91 Å². The van der Waals surface area contributed by atoms with E-state index in [1.54, 1.807) is 13.8 Å². The van der Waals surface area contributed by atoms with Crippen LogP contribution in [0.3, 0.4) is 0 Å². The fourth-order valence-electron chi connectivity index (χ4n) is 3.61. The highest BCUT2D eigenvalue weighted by Crippen LogP contribution is 2.25. The Hall–Kier alpha value is -2.86. The van der Waals surface area contributed by atoms with Crippen molar-refractivity contribution in [3.8, 4) is 5.69 Å². The molecule has 1 fully saturated rings. The smallest absolute Gasteiger partial charge is 0.219 e. The van der Waals surface area contributed by atoms with Crippen molar-refractivity contribution in [3.05, 3.63) is 54.4 Å². The third-order valence-electron chi connectivity index (χ3n) is 5.25. The average Bonchev–Trinajstić information content (AvgIpc) is 3.18. The SMILES string of the molecule is CC.CC(=O)N1CCN(c2cccc(-n3cnc4cc(C(C)O)ccc43)c2)CC1. The third-order valence-corrected chi connectivity index (χ3v) is 5.25. The number of hydrogen-bond acceptors (Lipinski definition) is 4. The summed E-state index contributed by atoms with van der Waals surface area (Å²) < 4.78 is 2.07. The zero-order chi connectivity index (χ0) is 21.0. The van der Waals surface area contributed by atoms with E-state index in [2.05, 4.69) is 38.7 Å². The van der Waals surface area contributed by atoms with E-state index < -0.39 is 6.10 Å². The minimum absolute atomic E-state index is 0.143. The molecule has 1 N–H and O–H groups in total. The zero-order valence-corrected chi connectivity index (χ0v) is 17.7. The van der Waals surface area contributed by atoms with Gasteiger partial charge in [-0.15, -0.1) is 0 Å². The number of aromatic nitrogens is 2. The Bertz CT molecular complexity index is 972. The Morgan fingerprint density at radius 3 is 2.38 bits per heavy atom. The van der Waals surface area contributed by atoms with Crippen molar-refractivity contribution in [1.29, 1.82) is 0 Å². The first-order chi connectivity index (χ1) is 14.0. The van der Waals surface area contributed by atoms with E-state index in [0.717, 1.165) is 54.2 Å². The van der Waals surface area contributed by atoms with Crippen molar-refractivity contribution >= 4 is 22.6 Å². The lowest BCUT2D eigenvalue weighted by Gasteiger charge is -2.35. The van der Waals surface area contributed by atoms with Crippen LogP contribution in [0.1, 0.15) is 39.4 Å². The number of hydrogen-bond donors (Lipinski definition) is 1. The van der Waals surface area contributed by atoms with Gasteiger partial charge in [0.15, 0.2) is 0 Å². The van der Waals surface area contributed by atoms with Crippen LogP contribution in [0.2, 0.25) is 0 Å². The number of fused-ring (bicyclic) bond motifs is 1. The molecule has 1 amide bonds. The van der Waals surface area contributed by atoms with Crippen LogP contribution < -0.4 is 4.90 Å². The molecule has 0 aliphatic carbocycles. The molecule has 0 spiro atoms. The highest BCUT2D eigenvalue weighted by molar-refractivity contribution is 5.78. The van der Waals surface area contributed by atoms with Crippen molar-refractivity contribution in [2.75, 3.05) is 31.1 Å². The van der Waals surface area contributed by atoms with Gasteiger partial charge in [0.25, 0.3) is 0 Å². The number of amides is 1. The Kier molecular flexibility index (Phi) is 6.54. The molecular weight excluding hydrogens is 364 g/mol. The van der Waals surface area contributed by atoms with E-state index in [1.807, 2.05) is 43.3 Å². The van der Waals surface area contributed by atoms with Crippen molar-refractivity contribution in [1.82, 2.24) is 14.5 Å². The number of rotatable bonds is 3. The first-order valence-corrected chi connectivity index (χ1v) is 10.3. The standard InChI is InChI=1S/C21H24N4O2.C2H6/c1-15(26)17-6-7-21-20(12-17)22-14-25(21)19-5-3-4-18(13-19)24-10-8-23(9-11-24)16(2)27;1-2/h3-7,12-15,26H,8-11H2,1-2H3;1-2H3. The van der Waals surface area contributed by atoms with Gasteiger partial charge in [-0.25, -0.2) is 4.98 Å². The topological polar surface area (TPSA) is 61.6 Å². The number of aliphatic hydroxyl groups is 1. The molecule has 154 valence electrons. The lowest BCUT2D eigenvalue weighted by Crippen LogP contribution is -2.48. The number of nitrogens with zero attached hydrogens (tertiary/aromatic N) is 4. The van der Waals surface area contributed by atoms with Crippen molar-refractivity contribution in [3.63, 3.8) is 0 Å². The molecule has 0 radical (unpaired) electrons. The van der Waals surface area contributed by atoms with E-state index >= 15 is 0 Å². The van der Waals surface area contributed by atoms with E-state index in [4.69, 9.17) is 0 Å². The molecule has 4 rings (SSSR count). The summed E-state index contributed by atoms with van der Waals surface area (Å²) in [5.41, 5.74) is 4.95. The van der Waals surface area contributed by atoms with Crippen LogP contribution in [-0.4, -0.2) is 51.6 Å². The van der Waals surface area contributed by atoms with Gasteiger partial charge in [0.1, 0.15) is 6.33 Å². The van der Waals surface area contributed by atoms with Gasteiger partial charge in [0, 0.05) is 44.5 Å². The first-order valence-electron chi connectivity index (χ1n) is 10.3. The molecule has 3 aromatic rings. The van der Waals surface area contributed by atoms with E-state index in [-0.39, 0.29) is 5.91 Å². The Labute approximate surface area is 172 Å². The number of carbonyl (C=O) groups excluding carboxylic acids is 1. The predicted molar refractivity (Wildman–Crippen MR) is 118 cm³/mol. The summed E-state index contributed by atoms with van der Waals surface area (Å²) in [6.07, 6.45) is 1.32. The Morgan fingerprint density at radius 1 is 1.03 bits per heavy atom. The number of carbonyl (C=O) groups is 1. The molecule has 1 aliphatic rings. The lowest BCUT2D eigenvalue weighted by atomic mass is 10.1. The molecule has 0 saturated carbocycles. The van der Waals surface area contributed by atoms with E-state index in [9.17, 15) is 9.90 Å². The maximum Gasteiger partial charge on any atom is 0.219 e. The molecule has 6 nitrogen and oxygen atoms in total. The van der Waals surface area contributed by atoms with Crippen LogP contribution in [-0.2, 0) is 4.79 Å². The monoisotopic (exact) mass is 394 g/mol. The molecule has 1 unspecified atom stereocenters. The molecule has 0 bridgehead atoms. The minimum Gasteiger partial charge on any atom is -0.389 e. The number of piperazine rings is 1.